The van der Waals surface area contributed by atoms with Crippen LogP contribution in [0, 0.1) is 0 Å². The maximum atomic E-state index is 11.0. The van der Waals surface area contributed by atoms with E-state index in [4.69, 9.17) is 5.73 Å². The van der Waals surface area contributed by atoms with Crippen LogP contribution in [0.1, 0.15) is 10.5 Å². The Morgan fingerprint density at radius 1 is 1.50 bits per heavy atom. The zero-order valence-corrected chi connectivity index (χ0v) is 7.03. The molecule has 0 radical (unpaired) electrons. The summed E-state index contributed by atoms with van der Waals surface area (Å²) in [5.41, 5.74) is 5.74. The zero-order valence-electron chi connectivity index (χ0n) is 7.03. The number of hydrogen-bond donors (Lipinski definition) is 1. The van der Waals surface area contributed by atoms with Gasteiger partial charge in [-0.15, -0.1) is 5.10 Å². The first-order chi connectivity index (χ1) is 6.79. The van der Waals surface area contributed by atoms with Crippen molar-refractivity contribution in [2.75, 3.05) is 0 Å². The van der Waals surface area contributed by atoms with Crippen molar-refractivity contribution in [3.05, 3.63) is 30.4 Å². The van der Waals surface area contributed by atoms with Gasteiger partial charge in [-0.1, -0.05) is 0 Å². The van der Waals surface area contributed by atoms with Crippen LogP contribution < -0.4 is 5.73 Å². The summed E-state index contributed by atoms with van der Waals surface area (Å²) in [6, 6.07) is 3.33. The van der Waals surface area contributed by atoms with Crippen LogP contribution >= 0.6 is 0 Å². The number of nitrogens with two attached hydrogens (primary N) is 1. The summed E-state index contributed by atoms with van der Waals surface area (Å²) < 4.78 is 1.33. The number of primary amides is 1. The van der Waals surface area contributed by atoms with Gasteiger partial charge in [-0.05, 0) is 22.6 Å². The summed E-state index contributed by atoms with van der Waals surface area (Å²) in [4.78, 5) is 14.8. The van der Waals surface area contributed by atoms with Gasteiger partial charge in [0, 0.05) is 6.20 Å². The third-order valence-corrected chi connectivity index (χ3v) is 1.62. The largest absolute Gasteiger partial charge is 0.364 e. The van der Waals surface area contributed by atoms with Crippen LogP contribution in [0.25, 0.3) is 5.69 Å². The molecule has 0 unspecified atom stereocenters. The van der Waals surface area contributed by atoms with Gasteiger partial charge < -0.3 is 5.73 Å². The van der Waals surface area contributed by atoms with Crippen LogP contribution in [0.4, 0.5) is 0 Å². The lowest BCUT2D eigenvalue weighted by Gasteiger charge is -2.02. The van der Waals surface area contributed by atoms with E-state index < -0.39 is 5.91 Å². The molecule has 0 aliphatic heterocycles. The van der Waals surface area contributed by atoms with Crippen molar-refractivity contribution in [3.8, 4) is 5.69 Å². The molecule has 0 atom stereocenters. The van der Waals surface area contributed by atoms with E-state index in [9.17, 15) is 4.79 Å². The lowest BCUT2D eigenvalue weighted by atomic mass is 10.3. The van der Waals surface area contributed by atoms with E-state index in [1.54, 1.807) is 12.1 Å². The van der Waals surface area contributed by atoms with Gasteiger partial charge in [-0.2, -0.15) is 4.68 Å². The Morgan fingerprint density at radius 2 is 2.36 bits per heavy atom. The van der Waals surface area contributed by atoms with Crippen molar-refractivity contribution in [2.24, 2.45) is 5.73 Å². The van der Waals surface area contributed by atoms with Crippen LogP contribution in [0.15, 0.2) is 24.7 Å². The number of carbonyl (C=O) groups is 1. The molecule has 0 spiro atoms. The predicted octanol–water partition coefficient (Wildman–Crippen LogP) is -0.844. The van der Waals surface area contributed by atoms with Crippen molar-refractivity contribution in [2.45, 2.75) is 0 Å². The highest BCUT2D eigenvalue weighted by molar-refractivity contribution is 5.94. The molecule has 0 saturated carbocycles. The van der Waals surface area contributed by atoms with Gasteiger partial charge in [0.05, 0.1) is 5.69 Å². The number of hydrogen-bond acceptors (Lipinski definition) is 5. The maximum Gasteiger partial charge on any atom is 0.269 e. The summed E-state index contributed by atoms with van der Waals surface area (Å²) in [6.07, 6.45) is 2.84. The van der Waals surface area contributed by atoms with Crippen LogP contribution in [0.3, 0.4) is 0 Å². The minimum atomic E-state index is -0.615. The average molecular weight is 190 g/mol. The van der Waals surface area contributed by atoms with Gasteiger partial charge in [-0.3, -0.25) is 4.79 Å². The Labute approximate surface area is 78.6 Å². The first kappa shape index (κ1) is 8.30. The lowest BCUT2D eigenvalue weighted by Crippen LogP contribution is -2.16. The molecule has 14 heavy (non-hydrogen) atoms. The molecule has 0 saturated heterocycles. The number of tetrazole rings is 1. The summed E-state index contributed by atoms with van der Waals surface area (Å²) in [5.74, 6) is -0.615. The SMILES string of the molecule is NC(=O)c1ncccc1-n1cnnn1. The van der Waals surface area contributed by atoms with Crippen molar-refractivity contribution < 1.29 is 4.79 Å². The van der Waals surface area contributed by atoms with Gasteiger partial charge in [0.1, 0.15) is 6.33 Å². The minimum absolute atomic E-state index is 0.139. The molecule has 2 heterocycles. The second-order valence-electron chi connectivity index (χ2n) is 2.49. The minimum Gasteiger partial charge on any atom is -0.364 e. The number of carbonyl (C=O) groups excluding carboxylic acids is 1. The van der Waals surface area contributed by atoms with Gasteiger partial charge in [0.2, 0.25) is 0 Å². The third-order valence-electron chi connectivity index (χ3n) is 1.62. The van der Waals surface area contributed by atoms with Crippen molar-refractivity contribution in [3.63, 3.8) is 0 Å². The molecule has 2 N–H and O–H groups in total. The highest BCUT2D eigenvalue weighted by Crippen LogP contribution is 2.08. The maximum absolute atomic E-state index is 11.0. The number of amides is 1. The number of pyridine rings is 1. The lowest BCUT2D eigenvalue weighted by molar-refractivity contribution is 0.0995. The molecular weight excluding hydrogens is 184 g/mol. The molecule has 1 amide bonds. The zero-order chi connectivity index (χ0) is 9.97. The van der Waals surface area contributed by atoms with Crippen LogP contribution in [0.2, 0.25) is 0 Å². The van der Waals surface area contributed by atoms with Crippen molar-refractivity contribution in [1.82, 2.24) is 25.2 Å². The monoisotopic (exact) mass is 190 g/mol. The van der Waals surface area contributed by atoms with Crippen molar-refractivity contribution >= 4 is 5.91 Å². The molecule has 0 aliphatic rings. The van der Waals surface area contributed by atoms with Crippen LogP contribution in [0.5, 0.6) is 0 Å². The summed E-state index contributed by atoms with van der Waals surface area (Å²) in [6.45, 7) is 0. The van der Waals surface area contributed by atoms with Gasteiger partial charge in [-0.25, -0.2) is 4.98 Å². The molecule has 7 nitrogen and oxygen atoms in total. The van der Waals surface area contributed by atoms with Gasteiger partial charge in [0.25, 0.3) is 5.91 Å². The molecule has 2 aromatic heterocycles. The van der Waals surface area contributed by atoms with Crippen LogP contribution in [-0.2, 0) is 0 Å². The van der Waals surface area contributed by atoms with Crippen LogP contribution in [-0.4, -0.2) is 31.1 Å². The van der Waals surface area contributed by atoms with E-state index in [-0.39, 0.29) is 5.69 Å². The molecule has 0 aliphatic carbocycles. The Morgan fingerprint density at radius 3 is 3.00 bits per heavy atom. The molecule has 70 valence electrons. The first-order valence-corrected chi connectivity index (χ1v) is 3.77. The average Bonchev–Trinajstić information content (AvgIpc) is 2.70. The van der Waals surface area contributed by atoms with E-state index in [0.717, 1.165) is 0 Å². The normalized spacial score (nSPS) is 10.0. The second-order valence-corrected chi connectivity index (χ2v) is 2.49. The topological polar surface area (TPSA) is 99.6 Å². The van der Waals surface area contributed by atoms with E-state index in [1.807, 2.05) is 0 Å². The number of rotatable bonds is 2. The smallest absolute Gasteiger partial charge is 0.269 e. The predicted molar refractivity (Wildman–Crippen MR) is 45.5 cm³/mol. The highest BCUT2D eigenvalue weighted by atomic mass is 16.1. The number of nitrogens with zero attached hydrogens (tertiary/aromatic N) is 5. The summed E-state index contributed by atoms with van der Waals surface area (Å²) in [7, 11) is 0. The number of aromatic nitrogens is 5. The van der Waals surface area contributed by atoms with E-state index in [0.29, 0.717) is 5.69 Å². The summed E-state index contributed by atoms with van der Waals surface area (Å²) in [5, 5.41) is 10.5. The highest BCUT2D eigenvalue weighted by Gasteiger charge is 2.10. The molecule has 2 rings (SSSR count). The quantitative estimate of drug-likeness (QED) is 0.665. The third kappa shape index (κ3) is 1.30. The molecule has 7 heteroatoms. The standard InChI is InChI=1S/C7H6N6O/c8-7(14)6-5(2-1-3-9-6)13-4-10-11-12-13/h1-4H,(H2,8,14). The van der Waals surface area contributed by atoms with E-state index in [2.05, 4.69) is 20.5 Å². The fourth-order valence-corrected chi connectivity index (χ4v) is 1.04. The fraction of sp³-hybridized carbons (Fsp3) is 0. The Hall–Kier alpha value is -2.31. The molecule has 0 bridgehead atoms. The fourth-order valence-electron chi connectivity index (χ4n) is 1.04. The second kappa shape index (κ2) is 3.21. The Bertz CT molecular complexity index is 451. The first-order valence-electron chi connectivity index (χ1n) is 3.77. The van der Waals surface area contributed by atoms with Gasteiger partial charge in [0.15, 0.2) is 5.69 Å². The van der Waals surface area contributed by atoms with Crippen molar-refractivity contribution in [1.29, 1.82) is 0 Å². The Kier molecular flexibility index (Phi) is 1.90. The van der Waals surface area contributed by atoms with E-state index >= 15 is 0 Å². The molecule has 0 aromatic carbocycles. The Balaban J connectivity index is 2.58. The summed E-state index contributed by atoms with van der Waals surface area (Å²) >= 11 is 0. The molecule has 2 aromatic rings. The van der Waals surface area contributed by atoms with E-state index in [1.165, 1.54) is 17.2 Å². The van der Waals surface area contributed by atoms with Gasteiger partial charge >= 0.3 is 0 Å². The molecule has 0 fully saturated rings. The molecular formula is C7H6N6O.